The molecule has 1 heterocycles. The molecule has 0 spiro atoms. The van der Waals surface area contributed by atoms with Gasteiger partial charge in [-0.2, -0.15) is 0 Å². The number of nitrogens with one attached hydrogen (secondary N) is 1. The zero-order valence-electron chi connectivity index (χ0n) is 10.9. The number of piperidine rings is 1. The minimum atomic E-state index is -1.06. The maximum Gasteiger partial charge on any atom is 0.323 e. The number of carboxylic acids is 1. The largest absolute Gasteiger partial charge is 0.480 e. The van der Waals surface area contributed by atoms with Gasteiger partial charge >= 0.3 is 5.97 Å². The Kier molecular flexibility index (Phi) is 2.67. The van der Waals surface area contributed by atoms with Crippen LogP contribution in [-0.4, -0.2) is 45.9 Å². The third-order valence-corrected chi connectivity index (χ3v) is 4.36. The lowest BCUT2D eigenvalue weighted by atomic mass is 9.97. The molecule has 6 nitrogen and oxygen atoms in total. The van der Waals surface area contributed by atoms with Crippen molar-refractivity contribution in [1.29, 1.82) is 0 Å². The van der Waals surface area contributed by atoms with E-state index in [-0.39, 0.29) is 42.7 Å². The van der Waals surface area contributed by atoms with Crippen molar-refractivity contribution < 1.29 is 19.5 Å². The molecule has 1 saturated heterocycles. The molecule has 3 fully saturated rings. The van der Waals surface area contributed by atoms with E-state index >= 15 is 0 Å². The summed E-state index contributed by atoms with van der Waals surface area (Å²) in [6.45, 7) is 1.83. The number of carboxylic acid groups (broad SMARTS) is 1. The normalized spacial score (nSPS) is 32.2. The molecule has 2 N–H and O–H groups in total. The Morgan fingerprint density at radius 2 is 1.95 bits per heavy atom. The number of likely N-dealkylation sites (tertiary alicyclic amines) is 1. The summed E-state index contributed by atoms with van der Waals surface area (Å²) in [5.41, 5.74) is -1.06. The van der Waals surface area contributed by atoms with Crippen molar-refractivity contribution >= 4 is 17.8 Å². The molecule has 2 saturated carbocycles. The molecule has 0 aromatic rings. The number of fused-ring (bicyclic) bond motifs is 1. The number of amides is 2. The molecule has 104 valence electrons. The van der Waals surface area contributed by atoms with Crippen LogP contribution in [0.4, 0.5) is 0 Å². The van der Waals surface area contributed by atoms with Gasteiger partial charge in [-0.1, -0.05) is 0 Å². The number of aliphatic carboxylic acids is 1. The molecular weight excluding hydrogens is 248 g/mol. The highest BCUT2D eigenvalue weighted by molar-refractivity contribution is 6.08. The first-order chi connectivity index (χ1) is 8.92. The van der Waals surface area contributed by atoms with Crippen LogP contribution in [0, 0.1) is 11.8 Å². The average molecular weight is 266 g/mol. The van der Waals surface area contributed by atoms with E-state index in [1.807, 2.05) is 0 Å². The molecule has 2 aliphatic carbocycles. The topological polar surface area (TPSA) is 86.7 Å². The van der Waals surface area contributed by atoms with E-state index in [1.165, 1.54) is 4.90 Å². The Morgan fingerprint density at radius 3 is 2.42 bits per heavy atom. The van der Waals surface area contributed by atoms with Gasteiger partial charge in [0, 0.05) is 12.6 Å². The van der Waals surface area contributed by atoms with Crippen LogP contribution in [0.15, 0.2) is 0 Å². The molecule has 0 aromatic carbocycles. The van der Waals surface area contributed by atoms with E-state index in [2.05, 4.69) is 5.32 Å². The number of hydrogen-bond donors (Lipinski definition) is 2. The molecule has 3 unspecified atom stereocenters. The Morgan fingerprint density at radius 1 is 1.37 bits per heavy atom. The molecular formula is C13H18N2O4. The Bertz CT molecular complexity index is 440. The van der Waals surface area contributed by atoms with Gasteiger partial charge in [0.2, 0.25) is 11.8 Å². The Hall–Kier alpha value is -1.43. The summed E-state index contributed by atoms with van der Waals surface area (Å²) in [4.78, 5) is 36.3. The van der Waals surface area contributed by atoms with Crippen molar-refractivity contribution in [2.75, 3.05) is 6.54 Å². The number of rotatable bonds is 6. The van der Waals surface area contributed by atoms with Crippen LogP contribution < -0.4 is 5.32 Å². The first kappa shape index (κ1) is 12.6. The fourth-order valence-electron chi connectivity index (χ4n) is 2.72. The van der Waals surface area contributed by atoms with Crippen LogP contribution in [0.1, 0.15) is 32.6 Å². The molecule has 0 bridgehead atoms. The Balaban J connectivity index is 1.61. The van der Waals surface area contributed by atoms with Crippen LogP contribution >= 0.6 is 0 Å². The summed E-state index contributed by atoms with van der Waals surface area (Å²) in [6, 6.07) is 0.263. The summed E-state index contributed by atoms with van der Waals surface area (Å²) in [6.07, 6.45) is 2.93. The lowest BCUT2D eigenvalue weighted by molar-refractivity contribution is -0.147. The average Bonchev–Trinajstić information content (AvgIpc) is 3.21. The van der Waals surface area contributed by atoms with Crippen LogP contribution in [-0.2, 0) is 14.4 Å². The van der Waals surface area contributed by atoms with Crippen LogP contribution in [0.3, 0.4) is 0 Å². The van der Waals surface area contributed by atoms with E-state index in [4.69, 9.17) is 0 Å². The second-order valence-corrected chi connectivity index (χ2v) is 6.08. The maximum atomic E-state index is 11.8. The summed E-state index contributed by atoms with van der Waals surface area (Å²) in [7, 11) is 0. The lowest BCUT2D eigenvalue weighted by Crippen LogP contribution is -2.52. The van der Waals surface area contributed by atoms with Gasteiger partial charge in [-0.05, 0) is 32.6 Å². The fraction of sp³-hybridized carbons (Fsp3) is 0.769. The third kappa shape index (κ3) is 2.14. The van der Waals surface area contributed by atoms with Gasteiger partial charge in [-0.3, -0.25) is 24.6 Å². The second-order valence-electron chi connectivity index (χ2n) is 6.08. The highest BCUT2D eigenvalue weighted by atomic mass is 16.4. The van der Waals surface area contributed by atoms with Crippen molar-refractivity contribution in [2.45, 2.75) is 44.2 Å². The number of nitrogens with zero attached hydrogens (tertiary/aromatic N) is 1. The predicted octanol–water partition coefficient (Wildman–Crippen LogP) is -0.0233. The van der Waals surface area contributed by atoms with Crippen LogP contribution in [0.2, 0.25) is 0 Å². The number of imide groups is 1. The first-order valence-electron chi connectivity index (χ1n) is 6.79. The smallest absolute Gasteiger partial charge is 0.323 e. The van der Waals surface area contributed by atoms with E-state index < -0.39 is 11.5 Å². The number of carbonyl (C=O) groups is 3. The monoisotopic (exact) mass is 266 g/mol. The standard InChI is InChI=1S/C13H18N2O4/c1-13(12(18)19,14-7-2-3-7)4-5-15-10(16)8-6-9(8)11(15)17/h7-9,14H,2-6H2,1H3,(H,18,19). The van der Waals surface area contributed by atoms with Crippen molar-refractivity contribution in [1.82, 2.24) is 10.2 Å². The van der Waals surface area contributed by atoms with E-state index in [0.717, 1.165) is 12.8 Å². The summed E-state index contributed by atoms with van der Waals surface area (Å²) < 4.78 is 0. The number of hydrogen-bond acceptors (Lipinski definition) is 4. The highest BCUT2D eigenvalue weighted by Crippen LogP contribution is 2.47. The summed E-state index contributed by atoms with van der Waals surface area (Å²) >= 11 is 0. The minimum absolute atomic E-state index is 0.111. The minimum Gasteiger partial charge on any atom is -0.480 e. The molecule has 2 amide bonds. The van der Waals surface area contributed by atoms with Gasteiger partial charge in [0.05, 0.1) is 11.8 Å². The molecule has 3 aliphatic rings. The molecule has 0 radical (unpaired) electrons. The molecule has 0 aromatic heterocycles. The van der Waals surface area contributed by atoms with E-state index in [0.29, 0.717) is 6.42 Å². The zero-order valence-corrected chi connectivity index (χ0v) is 10.9. The van der Waals surface area contributed by atoms with Crippen LogP contribution in [0.5, 0.6) is 0 Å². The predicted molar refractivity (Wildman–Crippen MR) is 65.1 cm³/mol. The fourth-order valence-corrected chi connectivity index (χ4v) is 2.72. The third-order valence-electron chi connectivity index (χ3n) is 4.36. The van der Waals surface area contributed by atoms with Crippen LogP contribution in [0.25, 0.3) is 0 Å². The highest BCUT2D eigenvalue weighted by Gasteiger charge is 2.58. The van der Waals surface area contributed by atoms with Crippen molar-refractivity contribution in [3.05, 3.63) is 0 Å². The van der Waals surface area contributed by atoms with Crippen molar-refractivity contribution in [2.24, 2.45) is 11.8 Å². The first-order valence-corrected chi connectivity index (χ1v) is 6.79. The molecule has 3 rings (SSSR count). The lowest BCUT2D eigenvalue weighted by Gasteiger charge is -2.28. The summed E-state index contributed by atoms with van der Waals surface area (Å²) in [5.74, 6) is -1.38. The summed E-state index contributed by atoms with van der Waals surface area (Å²) in [5, 5.41) is 12.4. The van der Waals surface area contributed by atoms with Crippen molar-refractivity contribution in [3.8, 4) is 0 Å². The van der Waals surface area contributed by atoms with Gasteiger partial charge in [0.15, 0.2) is 0 Å². The SMILES string of the molecule is CC(CCN1C(=O)C2CC2C1=O)(NC1CC1)C(=O)O. The van der Waals surface area contributed by atoms with E-state index in [9.17, 15) is 19.5 Å². The van der Waals surface area contributed by atoms with Gasteiger partial charge in [-0.15, -0.1) is 0 Å². The number of carbonyl (C=O) groups excluding carboxylic acids is 2. The zero-order chi connectivity index (χ0) is 13.8. The van der Waals surface area contributed by atoms with Gasteiger partial charge < -0.3 is 5.11 Å². The Labute approximate surface area is 111 Å². The molecule has 3 atom stereocenters. The van der Waals surface area contributed by atoms with Gasteiger partial charge in [0.25, 0.3) is 0 Å². The van der Waals surface area contributed by atoms with E-state index in [1.54, 1.807) is 6.92 Å². The van der Waals surface area contributed by atoms with Gasteiger partial charge in [0.1, 0.15) is 5.54 Å². The quantitative estimate of drug-likeness (QED) is 0.660. The molecule has 19 heavy (non-hydrogen) atoms. The van der Waals surface area contributed by atoms with Gasteiger partial charge in [-0.25, -0.2) is 0 Å². The molecule has 6 heteroatoms. The second kappa shape index (κ2) is 4.03. The van der Waals surface area contributed by atoms with Crippen molar-refractivity contribution in [3.63, 3.8) is 0 Å². The molecule has 1 aliphatic heterocycles. The maximum absolute atomic E-state index is 11.8.